The van der Waals surface area contributed by atoms with Gasteiger partial charge in [0, 0.05) is 13.5 Å². The van der Waals surface area contributed by atoms with Crippen molar-refractivity contribution in [2.75, 3.05) is 20.3 Å². The summed E-state index contributed by atoms with van der Waals surface area (Å²) in [6.07, 6.45) is 2.66. The molecule has 1 aliphatic carbocycles. The lowest BCUT2D eigenvalue weighted by atomic mass is 9.87. The molecule has 0 aliphatic heterocycles. The normalized spacial score (nSPS) is 19.4. The Morgan fingerprint density at radius 2 is 1.66 bits per heavy atom. The first kappa shape index (κ1) is 31.0. The molecule has 10 heteroatoms. The van der Waals surface area contributed by atoms with Crippen LogP contribution in [0.3, 0.4) is 0 Å². The second kappa shape index (κ2) is 15.2. The van der Waals surface area contributed by atoms with Crippen LogP contribution < -0.4 is 10.6 Å². The number of aliphatic hydroxyl groups is 3. The van der Waals surface area contributed by atoms with Gasteiger partial charge in [0.1, 0.15) is 31.0 Å². The minimum Gasteiger partial charge on any atom is -0.464 e. The van der Waals surface area contributed by atoms with Crippen molar-refractivity contribution in [2.24, 2.45) is 11.3 Å². The summed E-state index contributed by atoms with van der Waals surface area (Å²) in [5, 5.41) is 35.7. The molecular formula is C25H44N2O8. The molecule has 0 aromatic heterocycles. The highest BCUT2D eigenvalue weighted by Crippen LogP contribution is 2.26. The molecule has 0 bridgehead atoms. The van der Waals surface area contributed by atoms with Crippen LogP contribution in [0.25, 0.3) is 0 Å². The Labute approximate surface area is 208 Å². The average molecular weight is 501 g/mol. The molecular weight excluding hydrogens is 456 g/mol. The van der Waals surface area contributed by atoms with Gasteiger partial charge in [-0.25, -0.2) is 0 Å². The van der Waals surface area contributed by atoms with Crippen LogP contribution in [-0.2, 0) is 23.9 Å². The van der Waals surface area contributed by atoms with Gasteiger partial charge >= 0.3 is 5.97 Å². The van der Waals surface area contributed by atoms with Crippen LogP contribution in [0.4, 0.5) is 0 Å². The van der Waals surface area contributed by atoms with Gasteiger partial charge in [-0.3, -0.25) is 14.4 Å². The van der Waals surface area contributed by atoms with E-state index in [9.17, 15) is 29.7 Å². The van der Waals surface area contributed by atoms with Crippen LogP contribution in [0, 0.1) is 11.3 Å². The lowest BCUT2D eigenvalue weighted by Gasteiger charge is -2.28. The third-order valence-electron chi connectivity index (χ3n) is 5.91. The van der Waals surface area contributed by atoms with E-state index in [2.05, 4.69) is 10.6 Å². The number of hydrogen-bond acceptors (Lipinski definition) is 8. The quantitative estimate of drug-likeness (QED) is 0.141. The molecule has 0 aromatic carbocycles. The summed E-state index contributed by atoms with van der Waals surface area (Å²) < 4.78 is 10.2. The summed E-state index contributed by atoms with van der Waals surface area (Å²) in [6, 6.07) is -0.979. The van der Waals surface area contributed by atoms with E-state index in [0.29, 0.717) is 12.3 Å². The van der Waals surface area contributed by atoms with Gasteiger partial charge in [-0.1, -0.05) is 52.2 Å². The predicted octanol–water partition coefficient (Wildman–Crippen LogP) is 0.821. The molecule has 1 saturated carbocycles. The van der Waals surface area contributed by atoms with Gasteiger partial charge in [-0.2, -0.15) is 0 Å². The van der Waals surface area contributed by atoms with Gasteiger partial charge in [-0.15, -0.1) is 0 Å². The van der Waals surface area contributed by atoms with Crippen molar-refractivity contribution in [2.45, 2.75) is 96.7 Å². The predicted molar refractivity (Wildman–Crippen MR) is 130 cm³/mol. The van der Waals surface area contributed by atoms with Crippen molar-refractivity contribution in [3.8, 4) is 0 Å². The molecule has 10 nitrogen and oxygen atoms in total. The molecule has 2 amide bonds. The first-order chi connectivity index (χ1) is 16.4. The summed E-state index contributed by atoms with van der Waals surface area (Å²) in [5.74, 6) is -1.24. The number of esters is 1. The Kier molecular flexibility index (Phi) is 13.5. The minimum atomic E-state index is -1.74. The number of nitrogens with one attached hydrogen (secondary N) is 2. The van der Waals surface area contributed by atoms with Crippen molar-refractivity contribution in [3.05, 3.63) is 12.2 Å². The topological polar surface area (TPSA) is 154 Å². The van der Waals surface area contributed by atoms with Crippen LogP contribution in [0.1, 0.15) is 66.2 Å². The first-order valence-electron chi connectivity index (χ1n) is 12.4. The Balaban J connectivity index is 2.43. The van der Waals surface area contributed by atoms with Gasteiger partial charge in [0.05, 0.1) is 6.54 Å². The highest BCUT2D eigenvalue weighted by Gasteiger charge is 2.36. The Morgan fingerprint density at radius 3 is 2.23 bits per heavy atom. The zero-order valence-corrected chi connectivity index (χ0v) is 21.7. The number of aliphatic hydroxyl groups excluding tert-OH is 3. The van der Waals surface area contributed by atoms with Crippen LogP contribution in [-0.4, -0.2) is 83.8 Å². The van der Waals surface area contributed by atoms with Crippen molar-refractivity contribution < 1.29 is 39.2 Å². The van der Waals surface area contributed by atoms with Crippen LogP contribution in [0.5, 0.6) is 0 Å². The first-order valence-corrected chi connectivity index (χ1v) is 12.4. The number of ether oxygens (including phenoxy) is 2. The van der Waals surface area contributed by atoms with E-state index in [1.54, 1.807) is 6.08 Å². The second-order valence-electron chi connectivity index (χ2n) is 10.3. The third kappa shape index (κ3) is 12.0. The molecule has 1 aliphatic rings. The Bertz CT molecular complexity index is 700. The van der Waals surface area contributed by atoms with Gasteiger partial charge in [0.15, 0.2) is 6.10 Å². The molecule has 1 rings (SSSR count). The number of rotatable bonds is 13. The number of methoxy groups -OCH3 is 1. The maximum atomic E-state index is 12.5. The number of amides is 2. The van der Waals surface area contributed by atoms with E-state index < -0.39 is 42.3 Å². The number of allylic oxidation sites excluding steroid dienone is 1. The summed E-state index contributed by atoms with van der Waals surface area (Å²) in [7, 11) is 1.17. The van der Waals surface area contributed by atoms with Gasteiger partial charge < -0.3 is 35.4 Å². The maximum Gasteiger partial charge on any atom is 0.306 e. The SMILES string of the molecule is CO[C@@H](C(=O)N[C@@H](C)C(=O)NCCOC(=O)CC1CCCCC1)[C@H](O)[C@@H](O)[C@H](O)/C=C/C(C)(C)C. The standard InChI is InChI=1S/C25H44N2O8/c1-16(23(32)26-13-14-35-19(29)15-17-9-7-6-8-10-17)27-24(33)22(34-5)21(31)20(30)18(28)11-12-25(2,3)4/h11-12,16-18,20-22,28,30-31H,6-10,13-15H2,1-5H3,(H,26,32)(H,27,33)/b12-11+/t16-,18+,20-,21+,22+/m0/s1. The van der Waals surface area contributed by atoms with Gasteiger partial charge in [0.2, 0.25) is 5.91 Å². The zero-order valence-electron chi connectivity index (χ0n) is 21.7. The molecule has 35 heavy (non-hydrogen) atoms. The van der Waals surface area contributed by atoms with Gasteiger partial charge in [-0.05, 0) is 31.1 Å². The number of carbonyl (C=O) groups is 3. The molecule has 0 spiro atoms. The summed E-state index contributed by atoms with van der Waals surface area (Å²) in [4.78, 5) is 36.7. The smallest absolute Gasteiger partial charge is 0.306 e. The largest absolute Gasteiger partial charge is 0.464 e. The lowest BCUT2D eigenvalue weighted by molar-refractivity contribution is -0.150. The monoisotopic (exact) mass is 500 g/mol. The highest BCUT2D eigenvalue weighted by atomic mass is 16.5. The van der Waals surface area contributed by atoms with E-state index in [1.165, 1.54) is 26.5 Å². The number of hydrogen-bond donors (Lipinski definition) is 5. The van der Waals surface area contributed by atoms with E-state index in [0.717, 1.165) is 25.7 Å². The van der Waals surface area contributed by atoms with Crippen molar-refractivity contribution >= 4 is 17.8 Å². The van der Waals surface area contributed by atoms with Gasteiger partial charge in [0.25, 0.3) is 5.91 Å². The van der Waals surface area contributed by atoms with Crippen molar-refractivity contribution in [1.82, 2.24) is 10.6 Å². The van der Waals surface area contributed by atoms with Crippen LogP contribution in [0.15, 0.2) is 12.2 Å². The molecule has 0 saturated heterocycles. The average Bonchev–Trinajstić information content (AvgIpc) is 2.80. The van der Waals surface area contributed by atoms with E-state index in [-0.39, 0.29) is 24.5 Å². The van der Waals surface area contributed by atoms with Crippen molar-refractivity contribution in [3.63, 3.8) is 0 Å². The summed E-state index contributed by atoms with van der Waals surface area (Å²) in [5.41, 5.74) is -0.250. The fourth-order valence-electron chi connectivity index (χ4n) is 3.82. The van der Waals surface area contributed by atoms with Crippen molar-refractivity contribution in [1.29, 1.82) is 0 Å². The zero-order chi connectivity index (χ0) is 26.6. The lowest BCUT2D eigenvalue weighted by Crippen LogP contribution is -2.55. The molecule has 0 unspecified atom stereocenters. The molecule has 5 atom stereocenters. The number of carbonyl (C=O) groups excluding carboxylic acids is 3. The highest BCUT2D eigenvalue weighted by molar-refractivity contribution is 5.89. The molecule has 1 fully saturated rings. The summed E-state index contributed by atoms with van der Waals surface area (Å²) in [6.45, 7) is 7.27. The van der Waals surface area contributed by atoms with Crippen LogP contribution in [0.2, 0.25) is 0 Å². The molecule has 0 heterocycles. The third-order valence-corrected chi connectivity index (χ3v) is 5.91. The Morgan fingerprint density at radius 1 is 1.03 bits per heavy atom. The van der Waals surface area contributed by atoms with Crippen LogP contribution >= 0.6 is 0 Å². The molecule has 0 aromatic rings. The molecule has 0 radical (unpaired) electrons. The summed E-state index contributed by atoms with van der Waals surface area (Å²) >= 11 is 0. The van der Waals surface area contributed by atoms with E-state index in [4.69, 9.17) is 9.47 Å². The fraction of sp³-hybridized carbons (Fsp3) is 0.800. The minimum absolute atomic E-state index is 0.0313. The molecule has 5 N–H and O–H groups in total. The maximum absolute atomic E-state index is 12.5. The Hall–Kier alpha value is -2.01. The molecule has 202 valence electrons. The van der Waals surface area contributed by atoms with E-state index in [1.807, 2.05) is 20.8 Å². The van der Waals surface area contributed by atoms with E-state index >= 15 is 0 Å². The fourth-order valence-corrected chi connectivity index (χ4v) is 3.82. The second-order valence-corrected chi connectivity index (χ2v) is 10.3.